The minimum atomic E-state index is -0.519. The van der Waals surface area contributed by atoms with Crippen LogP contribution in [-0.4, -0.2) is 16.4 Å². The third kappa shape index (κ3) is 2.43. The van der Waals surface area contributed by atoms with Gasteiger partial charge < -0.3 is 15.5 Å². The summed E-state index contributed by atoms with van der Waals surface area (Å²) in [6.45, 7) is 1.89. The molecule has 1 aromatic rings. The first-order valence-electron chi connectivity index (χ1n) is 3.96. The molecule has 66 valence electrons. The minimum absolute atomic E-state index is 0.228. The maximum Gasteiger partial charge on any atom is 0.124 e. The van der Waals surface area contributed by atoms with Gasteiger partial charge in [0.25, 0.3) is 0 Å². The van der Waals surface area contributed by atoms with Crippen molar-refractivity contribution in [3.63, 3.8) is 0 Å². The molecule has 0 saturated heterocycles. The van der Waals surface area contributed by atoms with Crippen molar-refractivity contribution in [2.24, 2.45) is 0 Å². The molecule has 0 fully saturated rings. The number of aromatic hydroxyl groups is 1. The summed E-state index contributed by atoms with van der Waals surface area (Å²) in [6.07, 6.45) is 0.135. The third-order valence-corrected chi connectivity index (χ3v) is 1.59. The molecular weight excluding hydrogens is 154 g/mol. The molecule has 0 aliphatic heterocycles. The smallest absolute Gasteiger partial charge is 0.124 e. The number of aliphatic hydroxyl groups is 1. The second-order valence-electron chi connectivity index (χ2n) is 2.62. The monoisotopic (exact) mass is 167 g/mol. The summed E-state index contributed by atoms with van der Waals surface area (Å²) in [5, 5.41) is 21.0. The average Bonchev–Trinajstić information content (AvgIpc) is 2.09. The van der Waals surface area contributed by atoms with Gasteiger partial charge in [0, 0.05) is 5.69 Å². The molecule has 1 unspecified atom stereocenters. The first-order valence-corrected chi connectivity index (χ1v) is 3.96. The molecule has 3 nitrogen and oxygen atoms in total. The fourth-order valence-electron chi connectivity index (χ4n) is 0.852. The summed E-state index contributed by atoms with van der Waals surface area (Å²) in [4.78, 5) is 0. The van der Waals surface area contributed by atoms with E-state index in [1.807, 2.05) is 6.92 Å². The zero-order valence-electron chi connectivity index (χ0n) is 6.99. The first kappa shape index (κ1) is 8.87. The molecule has 0 spiro atoms. The molecule has 0 bridgehead atoms. The molecule has 1 aromatic carbocycles. The number of aliphatic hydroxyl groups excluding tert-OH is 1. The van der Waals surface area contributed by atoms with Crippen LogP contribution >= 0.6 is 0 Å². The lowest BCUT2D eigenvalue weighted by atomic mass is 10.3. The Bertz CT molecular complexity index is 233. The topological polar surface area (TPSA) is 52.5 Å². The lowest BCUT2D eigenvalue weighted by Gasteiger charge is -2.11. The third-order valence-electron chi connectivity index (χ3n) is 1.59. The summed E-state index contributed by atoms with van der Waals surface area (Å²) in [5.41, 5.74) is 0.808. The second-order valence-corrected chi connectivity index (χ2v) is 2.62. The van der Waals surface area contributed by atoms with Crippen LogP contribution in [0.4, 0.5) is 5.69 Å². The number of hydrogen-bond acceptors (Lipinski definition) is 3. The summed E-state index contributed by atoms with van der Waals surface area (Å²) in [6, 6.07) is 6.58. The van der Waals surface area contributed by atoms with Gasteiger partial charge in [0.1, 0.15) is 12.0 Å². The van der Waals surface area contributed by atoms with Crippen LogP contribution in [0, 0.1) is 0 Å². The van der Waals surface area contributed by atoms with Crippen LogP contribution in [-0.2, 0) is 0 Å². The van der Waals surface area contributed by atoms with Gasteiger partial charge in [-0.2, -0.15) is 0 Å². The fourth-order valence-corrected chi connectivity index (χ4v) is 0.852. The van der Waals surface area contributed by atoms with E-state index in [1.54, 1.807) is 24.3 Å². The predicted molar refractivity (Wildman–Crippen MR) is 48.0 cm³/mol. The molecule has 0 aromatic heterocycles. The number of benzene rings is 1. The van der Waals surface area contributed by atoms with Gasteiger partial charge in [-0.3, -0.25) is 0 Å². The van der Waals surface area contributed by atoms with Gasteiger partial charge >= 0.3 is 0 Å². The van der Waals surface area contributed by atoms with E-state index in [9.17, 15) is 5.11 Å². The lowest BCUT2D eigenvalue weighted by molar-refractivity contribution is 0.199. The Morgan fingerprint density at radius 1 is 1.33 bits per heavy atom. The van der Waals surface area contributed by atoms with Gasteiger partial charge in [0.15, 0.2) is 0 Å². The number of phenolic OH excluding ortho intramolecular Hbond substituents is 1. The van der Waals surface area contributed by atoms with Crippen LogP contribution in [0.3, 0.4) is 0 Å². The molecule has 0 aliphatic rings. The number of phenols is 1. The highest BCUT2D eigenvalue weighted by Gasteiger charge is 1.98. The quantitative estimate of drug-likeness (QED) is 0.472. The highest BCUT2D eigenvalue weighted by atomic mass is 16.3. The van der Waals surface area contributed by atoms with Crippen LogP contribution < -0.4 is 5.32 Å². The van der Waals surface area contributed by atoms with Gasteiger partial charge in [-0.1, -0.05) is 6.92 Å². The van der Waals surface area contributed by atoms with Crippen LogP contribution in [0.2, 0.25) is 0 Å². The van der Waals surface area contributed by atoms with Crippen molar-refractivity contribution >= 4 is 5.69 Å². The van der Waals surface area contributed by atoms with Crippen LogP contribution in [0.1, 0.15) is 13.3 Å². The zero-order chi connectivity index (χ0) is 8.97. The molecule has 12 heavy (non-hydrogen) atoms. The van der Waals surface area contributed by atoms with Gasteiger partial charge in [-0.05, 0) is 30.7 Å². The Hall–Kier alpha value is -1.22. The van der Waals surface area contributed by atoms with Crippen LogP contribution in [0.25, 0.3) is 0 Å². The first-order chi connectivity index (χ1) is 5.72. The number of anilines is 1. The fraction of sp³-hybridized carbons (Fsp3) is 0.333. The molecule has 0 amide bonds. The molecule has 0 radical (unpaired) electrons. The Morgan fingerprint density at radius 2 is 1.92 bits per heavy atom. The van der Waals surface area contributed by atoms with Gasteiger partial charge in [0.2, 0.25) is 0 Å². The molecule has 1 atom stereocenters. The summed E-state index contributed by atoms with van der Waals surface area (Å²) in [7, 11) is 0. The maximum atomic E-state index is 9.21. The molecular formula is C9H13NO2. The van der Waals surface area contributed by atoms with E-state index in [1.165, 1.54) is 0 Å². The Kier molecular flexibility index (Phi) is 2.94. The largest absolute Gasteiger partial charge is 0.508 e. The van der Waals surface area contributed by atoms with E-state index < -0.39 is 6.23 Å². The van der Waals surface area contributed by atoms with Gasteiger partial charge in [-0.25, -0.2) is 0 Å². The standard InChI is InChI=1S/C9H13NO2/c1-2-9(12)10-7-3-5-8(11)6-4-7/h3-6,9-12H,2H2,1H3. The lowest BCUT2D eigenvalue weighted by Crippen LogP contribution is -2.16. The Morgan fingerprint density at radius 3 is 2.42 bits per heavy atom. The van der Waals surface area contributed by atoms with Crippen molar-refractivity contribution in [2.75, 3.05) is 5.32 Å². The normalized spacial score (nSPS) is 12.5. The SMILES string of the molecule is CCC(O)Nc1ccc(O)cc1. The van der Waals surface area contributed by atoms with E-state index in [0.717, 1.165) is 5.69 Å². The van der Waals surface area contributed by atoms with E-state index in [-0.39, 0.29) is 5.75 Å². The van der Waals surface area contributed by atoms with E-state index in [4.69, 9.17) is 5.11 Å². The van der Waals surface area contributed by atoms with Crippen LogP contribution in [0.15, 0.2) is 24.3 Å². The van der Waals surface area contributed by atoms with E-state index in [2.05, 4.69) is 5.32 Å². The molecule has 0 saturated carbocycles. The van der Waals surface area contributed by atoms with Crippen LogP contribution in [0.5, 0.6) is 5.75 Å². The number of hydrogen-bond donors (Lipinski definition) is 3. The maximum absolute atomic E-state index is 9.21. The number of nitrogens with one attached hydrogen (secondary N) is 1. The van der Waals surface area contributed by atoms with Crippen molar-refractivity contribution in [1.29, 1.82) is 0 Å². The summed E-state index contributed by atoms with van der Waals surface area (Å²) in [5.74, 6) is 0.228. The zero-order valence-corrected chi connectivity index (χ0v) is 6.99. The molecule has 3 N–H and O–H groups in total. The molecule has 1 rings (SSSR count). The average molecular weight is 167 g/mol. The Labute approximate surface area is 71.7 Å². The summed E-state index contributed by atoms with van der Waals surface area (Å²) < 4.78 is 0. The predicted octanol–water partition coefficient (Wildman–Crippen LogP) is 1.53. The van der Waals surface area contributed by atoms with Crippen molar-refractivity contribution in [1.82, 2.24) is 0 Å². The van der Waals surface area contributed by atoms with Gasteiger partial charge in [-0.15, -0.1) is 0 Å². The number of rotatable bonds is 3. The van der Waals surface area contributed by atoms with E-state index in [0.29, 0.717) is 6.42 Å². The minimum Gasteiger partial charge on any atom is -0.508 e. The van der Waals surface area contributed by atoms with Gasteiger partial charge in [0.05, 0.1) is 0 Å². The van der Waals surface area contributed by atoms with Crippen molar-refractivity contribution < 1.29 is 10.2 Å². The molecule has 0 aliphatic carbocycles. The highest BCUT2D eigenvalue weighted by Crippen LogP contribution is 2.14. The Balaban J connectivity index is 2.58. The molecule has 0 heterocycles. The van der Waals surface area contributed by atoms with E-state index >= 15 is 0 Å². The van der Waals surface area contributed by atoms with Crippen molar-refractivity contribution in [3.05, 3.63) is 24.3 Å². The van der Waals surface area contributed by atoms with Crippen molar-refractivity contribution in [3.8, 4) is 5.75 Å². The summed E-state index contributed by atoms with van der Waals surface area (Å²) >= 11 is 0. The molecule has 3 heteroatoms. The highest BCUT2D eigenvalue weighted by molar-refractivity contribution is 5.46. The second kappa shape index (κ2) is 3.97. The van der Waals surface area contributed by atoms with Crippen molar-refractivity contribution in [2.45, 2.75) is 19.6 Å².